The van der Waals surface area contributed by atoms with Crippen LogP contribution in [0.15, 0.2) is 24.7 Å². The van der Waals surface area contributed by atoms with Crippen molar-refractivity contribution in [3.8, 4) is 11.6 Å². The number of benzene rings is 1. The van der Waals surface area contributed by atoms with E-state index in [9.17, 15) is 22.8 Å². The molecule has 10 heteroatoms. The van der Waals surface area contributed by atoms with E-state index in [1.54, 1.807) is 0 Å². The maximum absolute atomic E-state index is 13.3. The number of nitrogens with zero attached hydrogens (tertiary/aromatic N) is 2. The largest absolute Gasteiger partial charge is 0.465 e. The molecule has 0 bridgehead atoms. The molecule has 0 aliphatic carbocycles. The molecule has 0 fully saturated rings. The van der Waals surface area contributed by atoms with Crippen molar-refractivity contribution in [1.82, 2.24) is 9.55 Å². The smallest absolute Gasteiger partial charge is 0.418 e. The number of halogens is 3. The molecule has 1 aromatic heterocycles. The minimum Gasteiger partial charge on any atom is -0.465 e. The van der Waals surface area contributed by atoms with Gasteiger partial charge in [-0.05, 0) is 12.1 Å². The molecule has 2 N–H and O–H groups in total. The summed E-state index contributed by atoms with van der Waals surface area (Å²) in [6, 6.07) is 1.57. The predicted molar refractivity (Wildman–Crippen MR) is 75.6 cm³/mol. The van der Waals surface area contributed by atoms with E-state index in [0.29, 0.717) is 6.07 Å². The van der Waals surface area contributed by atoms with Crippen LogP contribution in [0.5, 0.6) is 5.88 Å². The number of alkyl halides is 3. The second-order valence-electron chi connectivity index (χ2n) is 4.66. The second kappa shape index (κ2) is 6.22. The lowest BCUT2D eigenvalue weighted by Crippen LogP contribution is -2.14. The van der Waals surface area contributed by atoms with Gasteiger partial charge in [0.05, 0.1) is 30.1 Å². The number of nitrogen functional groups attached to an aromatic ring is 1. The Morgan fingerprint density at radius 1 is 1.29 bits per heavy atom. The number of hydrogen-bond acceptors (Lipinski definition) is 6. The first-order chi connectivity index (χ1) is 11.1. The van der Waals surface area contributed by atoms with Crippen molar-refractivity contribution in [1.29, 1.82) is 0 Å². The molecule has 1 heterocycles. The molecule has 0 aliphatic rings. The summed E-state index contributed by atoms with van der Waals surface area (Å²) in [6.07, 6.45) is -2.65. The first-order valence-electron chi connectivity index (χ1n) is 6.45. The van der Waals surface area contributed by atoms with E-state index in [1.807, 2.05) is 0 Å². The van der Waals surface area contributed by atoms with Gasteiger partial charge in [0.15, 0.2) is 0 Å². The number of methoxy groups -OCH3 is 1. The number of imidazole rings is 1. The number of hydrogen-bond donors (Lipinski definition) is 1. The van der Waals surface area contributed by atoms with Crippen LogP contribution in [0.3, 0.4) is 0 Å². The fourth-order valence-electron chi connectivity index (χ4n) is 1.97. The van der Waals surface area contributed by atoms with Gasteiger partial charge in [0.25, 0.3) is 0 Å². The quantitative estimate of drug-likeness (QED) is 0.678. The van der Waals surface area contributed by atoms with Crippen molar-refractivity contribution in [2.24, 2.45) is 0 Å². The number of aromatic nitrogens is 2. The Morgan fingerprint density at radius 2 is 1.96 bits per heavy atom. The number of anilines is 1. The molecule has 0 spiro atoms. The summed E-state index contributed by atoms with van der Waals surface area (Å²) in [5.41, 5.74) is 3.41. The van der Waals surface area contributed by atoms with Gasteiger partial charge in [-0.15, -0.1) is 0 Å². The van der Waals surface area contributed by atoms with E-state index >= 15 is 0 Å². The summed E-state index contributed by atoms with van der Waals surface area (Å²) in [6.45, 7) is 1.12. The van der Waals surface area contributed by atoms with Gasteiger partial charge >= 0.3 is 18.1 Å². The molecule has 0 atom stereocenters. The van der Waals surface area contributed by atoms with Gasteiger partial charge in [0, 0.05) is 12.6 Å². The topological polar surface area (TPSA) is 96.4 Å². The SMILES string of the molecule is COC(=O)c1cc(-n2cnc(OC(C)=O)c2)c(C(F)(F)F)cc1N. The van der Waals surface area contributed by atoms with E-state index in [0.717, 1.165) is 37.2 Å². The number of esters is 2. The summed E-state index contributed by atoms with van der Waals surface area (Å²) >= 11 is 0. The van der Waals surface area contributed by atoms with E-state index < -0.39 is 29.4 Å². The minimum absolute atomic E-state index is 0.188. The molecule has 7 nitrogen and oxygen atoms in total. The van der Waals surface area contributed by atoms with E-state index in [4.69, 9.17) is 10.5 Å². The highest BCUT2D eigenvalue weighted by Gasteiger charge is 2.35. The lowest BCUT2D eigenvalue weighted by molar-refractivity contribution is -0.137. The average Bonchev–Trinajstić information content (AvgIpc) is 2.92. The number of rotatable bonds is 3. The minimum atomic E-state index is -4.73. The average molecular weight is 343 g/mol. The first-order valence-corrected chi connectivity index (χ1v) is 6.45. The standard InChI is InChI=1S/C14H12F3N3O4/c1-7(21)24-12-5-20(6-19-12)11-3-8(13(22)23-2)10(18)4-9(11)14(15,16)17/h3-6H,18H2,1-2H3. The molecule has 2 aromatic rings. The maximum atomic E-state index is 13.3. The summed E-state index contributed by atoms with van der Waals surface area (Å²) in [4.78, 5) is 26.2. The lowest BCUT2D eigenvalue weighted by Gasteiger charge is -2.16. The first kappa shape index (κ1) is 17.3. The molecule has 0 radical (unpaired) electrons. The number of carbonyl (C=O) groups excluding carboxylic acids is 2. The van der Waals surface area contributed by atoms with Crippen molar-refractivity contribution >= 4 is 17.6 Å². The predicted octanol–water partition coefficient (Wildman–Crippen LogP) is 2.19. The molecule has 0 aliphatic heterocycles. The third-order valence-corrected chi connectivity index (χ3v) is 2.96. The summed E-state index contributed by atoms with van der Waals surface area (Å²) in [7, 11) is 1.08. The van der Waals surface area contributed by atoms with Gasteiger partial charge in [-0.3, -0.25) is 4.79 Å². The zero-order valence-corrected chi connectivity index (χ0v) is 12.5. The van der Waals surface area contributed by atoms with Crippen LogP contribution in [-0.4, -0.2) is 28.6 Å². The molecule has 2 rings (SSSR count). The highest BCUT2D eigenvalue weighted by atomic mass is 19.4. The number of carbonyl (C=O) groups is 2. The third kappa shape index (κ3) is 3.47. The van der Waals surface area contributed by atoms with Gasteiger partial charge in [-0.2, -0.15) is 13.2 Å². The van der Waals surface area contributed by atoms with Gasteiger partial charge in [-0.25, -0.2) is 9.78 Å². The van der Waals surface area contributed by atoms with Gasteiger partial charge < -0.3 is 19.8 Å². The maximum Gasteiger partial charge on any atom is 0.418 e. The van der Waals surface area contributed by atoms with Crippen LogP contribution in [0.1, 0.15) is 22.8 Å². The third-order valence-electron chi connectivity index (χ3n) is 2.96. The Balaban J connectivity index is 2.63. The van der Waals surface area contributed by atoms with Crippen LogP contribution in [0.2, 0.25) is 0 Å². The van der Waals surface area contributed by atoms with Crippen molar-refractivity contribution in [3.63, 3.8) is 0 Å². The molecular weight excluding hydrogens is 331 g/mol. The van der Waals surface area contributed by atoms with Crippen LogP contribution in [-0.2, 0) is 15.7 Å². The zero-order valence-electron chi connectivity index (χ0n) is 12.5. The molecule has 1 aromatic carbocycles. The highest BCUT2D eigenvalue weighted by molar-refractivity contribution is 5.96. The Labute approximate surface area is 133 Å². The molecular formula is C14H12F3N3O4. The second-order valence-corrected chi connectivity index (χ2v) is 4.66. The summed E-state index contributed by atoms with van der Waals surface area (Å²) in [5, 5.41) is 0. The normalized spacial score (nSPS) is 11.2. The van der Waals surface area contributed by atoms with Gasteiger partial charge in [0.2, 0.25) is 5.88 Å². The molecule has 0 saturated carbocycles. The monoisotopic (exact) mass is 343 g/mol. The Hall–Kier alpha value is -3.04. The van der Waals surface area contributed by atoms with Gasteiger partial charge in [0.1, 0.15) is 6.33 Å². The van der Waals surface area contributed by atoms with Crippen molar-refractivity contribution in [2.45, 2.75) is 13.1 Å². The zero-order chi connectivity index (χ0) is 18.1. The van der Waals surface area contributed by atoms with Crippen LogP contribution in [0.25, 0.3) is 5.69 Å². The number of ether oxygens (including phenoxy) is 2. The fraction of sp³-hybridized carbons (Fsp3) is 0.214. The van der Waals surface area contributed by atoms with Crippen molar-refractivity contribution in [2.75, 3.05) is 12.8 Å². The highest BCUT2D eigenvalue weighted by Crippen LogP contribution is 2.37. The van der Waals surface area contributed by atoms with Crippen LogP contribution in [0.4, 0.5) is 18.9 Å². The van der Waals surface area contributed by atoms with Crippen LogP contribution < -0.4 is 10.5 Å². The summed E-state index contributed by atoms with van der Waals surface area (Å²) < 4.78 is 49.9. The van der Waals surface area contributed by atoms with Crippen molar-refractivity contribution < 1.29 is 32.2 Å². The van der Waals surface area contributed by atoms with E-state index in [2.05, 4.69) is 9.72 Å². The molecule has 128 valence electrons. The van der Waals surface area contributed by atoms with E-state index in [-0.39, 0.29) is 17.1 Å². The summed E-state index contributed by atoms with van der Waals surface area (Å²) in [5.74, 6) is -1.75. The van der Waals surface area contributed by atoms with Gasteiger partial charge in [-0.1, -0.05) is 0 Å². The molecule has 0 saturated heterocycles. The fourth-order valence-corrected chi connectivity index (χ4v) is 1.97. The molecule has 0 amide bonds. The van der Waals surface area contributed by atoms with E-state index in [1.165, 1.54) is 0 Å². The Kier molecular flexibility index (Phi) is 4.49. The van der Waals surface area contributed by atoms with Crippen LogP contribution in [0, 0.1) is 0 Å². The Morgan fingerprint density at radius 3 is 2.50 bits per heavy atom. The molecule has 24 heavy (non-hydrogen) atoms. The molecule has 0 unspecified atom stereocenters. The van der Waals surface area contributed by atoms with Crippen LogP contribution >= 0.6 is 0 Å². The number of nitrogens with two attached hydrogens (primary N) is 1. The lowest BCUT2D eigenvalue weighted by atomic mass is 10.1. The van der Waals surface area contributed by atoms with Crippen molar-refractivity contribution in [3.05, 3.63) is 35.8 Å². The Bertz CT molecular complexity index is 799.